The summed E-state index contributed by atoms with van der Waals surface area (Å²) >= 11 is 6.05. The summed E-state index contributed by atoms with van der Waals surface area (Å²) in [4.78, 5) is 2.37. The van der Waals surface area contributed by atoms with E-state index in [1.165, 1.54) is 16.7 Å². The molecule has 1 nitrogen and oxygen atoms in total. The zero-order valence-electron chi connectivity index (χ0n) is 10.7. The molecule has 0 saturated carbocycles. The van der Waals surface area contributed by atoms with Gasteiger partial charge in [-0.1, -0.05) is 54.1 Å². The fourth-order valence-corrected chi connectivity index (χ4v) is 2.65. The smallest absolute Gasteiger partial charge is 0.0424 e. The Morgan fingerprint density at radius 3 is 2.63 bits per heavy atom. The van der Waals surface area contributed by atoms with Crippen molar-refractivity contribution in [2.45, 2.75) is 13.0 Å². The summed E-state index contributed by atoms with van der Waals surface area (Å²) in [5.74, 6) is 0. The molecule has 0 atom stereocenters. The van der Waals surface area contributed by atoms with E-state index in [0.717, 1.165) is 24.5 Å². The molecule has 19 heavy (non-hydrogen) atoms. The van der Waals surface area contributed by atoms with Crippen molar-refractivity contribution in [3.63, 3.8) is 0 Å². The topological polar surface area (TPSA) is 3.24 Å². The van der Waals surface area contributed by atoms with Crippen molar-refractivity contribution in [2.75, 3.05) is 6.54 Å². The molecule has 0 bridgehead atoms. The summed E-state index contributed by atoms with van der Waals surface area (Å²) in [7, 11) is 0. The highest BCUT2D eigenvalue weighted by Crippen LogP contribution is 2.27. The van der Waals surface area contributed by atoms with Crippen LogP contribution in [0.15, 0.2) is 60.8 Å². The molecule has 1 aliphatic heterocycles. The summed E-state index contributed by atoms with van der Waals surface area (Å²) in [5, 5.41) is 0.805. The molecule has 2 heteroatoms. The van der Waals surface area contributed by atoms with Crippen molar-refractivity contribution in [3.8, 4) is 0 Å². The van der Waals surface area contributed by atoms with Crippen LogP contribution in [0.1, 0.15) is 17.5 Å². The zero-order chi connectivity index (χ0) is 13.1. The molecular weight excluding hydrogens is 254 g/mol. The van der Waals surface area contributed by atoms with Gasteiger partial charge >= 0.3 is 0 Å². The minimum atomic E-state index is 0.805. The fraction of sp³-hybridized carbons (Fsp3) is 0.176. The van der Waals surface area contributed by atoms with Gasteiger partial charge in [0.2, 0.25) is 0 Å². The Balaban J connectivity index is 1.74. The predicted octanol–water partition coefficient (Wildman–Crippen LogP) is 4.59. The number of hydrogen-bond donors (Lipinski definition) is 0. The average molecular weight is 270 g/mol. The van der Waals surface area contributed by atoms with Crippen molar-refractivity contribution in [2.24, 2.45) is 0 Å². The van der Waals surface area contributed by atoms with Crippen LogP contribution in [0.4, 0.5) is 0 Å². The van der Waals surface area contributed by atoms with Crippen molar-refractivity contribution in [3.05, 3.63) is 76.9 Å². The highest BCUT2D eigenvalue weighted by molar-refractivity contribution is 6.30. The maximum absolute atomic E-state index is 6.05. The molecule has 0 aromatic heterocycles. The molecule has 0 unspecified atom stereocenters. The van der Waals surface area contributed by atoms with E-state index in [4.69, 9.17) is 11.6 Å². The molecule has 0 N–H and O–H groups in total. The molecule has 0 radical (unpaired) electrons. The zero-order valence-corrected chi connectivity index (χ0v) is 11.5. The quantitative estimate of drug-likeness (QED) is 0.788. The van der Waals surface area contributed by atoms with E-state index in [1.807, 2.05) is 18.2 Å². The van der Waals surface area contributed by atoms with E-state index in [9.17, 15) is 0 Å². The van der Waals surface area contributed by atoms with Crippen molar-refractivity contribution < 1.29 is 0 Å². The first kappa shape index (κ1) is 12.3. The van der Waals surface area contributed by atoms with E-state index in [1.54, 1.807) is 0 Å². The van der Waals surface area contributed by atoms with Crippen molar-refractivity contribution in [1.29, 1.82) is 0 Å². The van der Waals surface area contributed by atoms with Crippen LogP contribution in [0.2, 0.25) is 5.02 Å². The fourth-order valence-electron chi connectivity index (χ4n) is 2.46. The van der Waals surface area contributed by atoms with Crippen LogP contribution in [0, 0.1) is 0 Å². The van der Waals surface area contributed by atoms with Crippen LogP contribution in [-0.4, -0.2) is 11.4 Å². The minimum Gasteiger partial charge on any atom is -0.372 e. The third-order valence-corrected chi connectivity index (χ3v) is 3.67. The lowest BCUT2D eigenvalue weighted by Crippen LogP contribution is -2.13. The van der Waals surface area contributed by atoms with Crippen LogP contribution in [-0.2, 0) is 6.54 Å². The Morgan fingerprint density at radius 1 is 1.00 bits per heavy atom. The second-order valence-corrected chi connectivity index (χ2v) is 5.31. The first-order chi connectivity index (χ1) is 9.31. The standard InChI is InChI=1S/C17H16ClN/c18-17-8-4-7-15(11-17)16-9-10-19(13-16)12-14-5-2-1-3-6-14/h1-8,11,13H,9-10,12H2. The normalized spacial score (nSPS) is 14.6. The Bertz CT molecular complexity index is 589. The lowest BCUT2D eigenvalue weighted by atomic mass is 10.1. The SMILES string of the molecule is Clc1cccc(C2=CN(Cc3ccccc3)CC2)c1. The van der Waals surface area contributed by atoms with Gasteiger partial charge in [0.25, 0.3) is 0 Å². The molecule has 0 fully saturated rings. The number of halogens is 1. The lowest BCUT2D eigenvalue weighted by molar-refractivity contribution is 0.400. The molecule has 0 spiro atoms. The van der Waals surface area contributed by atoms with Crippen LogP contribution < -0.4 is 0 Å². The number of benzene rings is 2. The third kappa shape index (κ3) is 2.99. The summed E-state index contributed by atoms with van der Waals surface area (Å²) < 4.78 is 0. The third-order valence-electron chi connectivity index (χ3n) is 3.43. The molecule has 1 heterocycles. The maximum atomic E-state index is 6.05. The molecule has 0 saturated heterocycles. The van der Waals surface area contributed by atoms with E-state index >= 15 is 0 Å². The van der Waals surface area contributed by atoms with Gasteiger partial charge in [0.15, 0.2) is 0 Å². The summed E-state index contributed by atoms with van der Waals surface area (Å²) in [6.45, 7) is 2.06. The second-order valence-electron chi connectivity index (χ2n) is 4.87. The van der Waals surface area contributed by atoms with Crippen LogP contribution in [0.25, 0.3) is 5.57 Å². The Kier molecular flexibility index (Phi) is 3.56. The number of rotatable bonds is 3. The van der Waals surface area contributed by atoms with Crippen LogP contribution in [0.5, 0.6) is 0 Å². The molecule has 0 aliphatic carbocycles. The van der Waals surface area contributed by atoms with Crippen molar-refractivity contribution >= 4 is 17.2 Å². The van der Waals surface area contributed by atoms with Gasteiger partial charge < -0.3 is 4.90 Å². The van der Waals surface area contributed by atoms with Gasteiger partial charge in [-0.2, -0.15) is 0 Å². The second kappa shape index (κ2) is 5.50. The van der Waals surface area contributed by atoms with E-state index in [2.05, 4.69) is 47.5 Å². The molecule has 2 aromatic rings. The van der Waals surface area contributed by atoms with Crippen LogP contribution >= 0.6 is 11.6 Å². The van der Waals surface area contributed by atoms with E-state index < -0.39 is 0 Å². The maximum Gasteiger partial charge on any atom is 0.0424 e. The van der Waals surface area contributed by atoms with E-state index in [-0.39, 0.29) is 0 Å². The Morgan fingerprint density at radius 2 is 1.84 bits per heavy atom. The number of nitrogens with zero attached hydrogens (tertiary/aromatic N) is 1. The Labute approximate surface area is 119 Å². The van der Waals surface area contributed by atoms with Gasteiger partial charge in [0.05, 0.1) is 0 Å². The largest absolute Gasteiger partial charge is 0.372 e. The molecule has 0 amide bonds. The monoisotopic (exact) mass is 269 g/mol. The molecule has 96 valence electrons. The molecule has 1 aliphatic rings. The van der Waals surface area contributed by atoms with Gasteiger partial charge in [-0.15, -0.1) is 0 Å². The first-order valence-corrected chi connectivity index (χ1v) is 6.94. The highest BCUT2D eigenvalue weighted by atomic mass is 35.5. The average Bonchev–Trinajstić information content (AvgIpc) is 2.88. The molecular formula is C17H16ClN. The minimum absolute atomic E-state index is 0.805. The summed E-state index contributed by atoms with van der Waals surface area (Å²) in [5.41, 5.74) is 3.97. The van der Waals surface area contributed by atoms with Gasteiger partial charge in [-0.25, -0.2) is 0 Å². The van der Waals surface area contributed by atoms with E-state index in [0.29, 0.717) is 0 Å². The lowest BCUT2D eigenvalue weighted by Gasteiger charge is -2.14. The van der Waals surface area contributed by atoms with Gasteiger partial charge in [-0.05, 0) is 35.3 Å². The predicted molar refractivity (Wildman–Crippen MR) is 80.9 cm³/mol. The van der Waals surface area contributed by atoms with Crippen molar-refractivity contribution in [1.82, 2.24) is 4.90 Å². The first-order valence-electron chi connectivity index (χ1n) is 6.56. The molecule has 2 aromatic carbocycles. The summed E-state index contributed by atoms with van der Waals surface area (Å²) in [6, 6.07) is 18.7. The molecule has 3 rings (SSSR count). The van der Waals surface area contributed by atoms with Gasteiger partial charge in [0, 0.05) is 24.3 Å². The Hall–Kier alpha value is -1.73. The van der Waals surface area contributed by atoms with Crippen LogP contribution in [0.3, 0.4) is 0 Å². The summed E-state index contributed by atoms with van der Waals surface area (Å²) in [6.07, 6.45) is 3.35. The highest BCUT2D eigenvalue weighted by Gasteiger charge is 2.14. The van der Waals surface area contributed by atoms with Gasteiger partial charge in [0.1, 0.15) is 0 Å². The van der Waals surface area contributed by atoms with Gasteiger partial charge in [-0.3, -0.25) is 0 Å². The number of hydrogen-bond acceptors (Lipinski definition) is 1.